The van der Waals surface area contributed by atoms with Gasteiger partial charge in [0.15, 0.2) is 0 Å². The first-order valence-corrected chi connectivity index (χ1v) is 10.1. The zero-order valence-corrected chi connectivity index (χ0v) is 18.0. The molecule has 0 saturated carbocycles. The summed E-state index contributed by atoms with van der Waals surface area (Å²) in [5.74, 6) is -4.85. The largest absolute Gasteiger partial charge is 0.408 e. The van der Waals surface area contributed by atoms with Crippen LogP contribution in [0.25, 0.3) is 28.3 Å². The van der Waals surface area contributed by atoms with Gasteiger partial charge in [-0.05, 0) is 13.0 Å². The summed E-state index contributed by atoms with van der Waals surface area (Å²) in [6, 6.07) is 9.18. The van der Waals surface area contributed by atoms with Crippen LogP contribution in [0.15, 0.2) is 54.7 Å². The minimum Gasteiger partial charge on any atom is -0.358 e. The van der Waals surface area contributed by atoms with Gasteiger partial charge in [0.25, 0.3) is 5.95 Å². The molecule has 4 aromatic rings. The number of hydrogen-bond donors (Lipinski definition) is 1. The highest BCUT2D eigenvalue weighted by Gasteiger charge is 2.37. The van der Waals surface area contributed by atoms with Gasteiger partial charge in [0.1, 0.15) is 34.5 Å². The molecule has 5 nitrogen and oxygen atoms in total. The third-order valence-corrected chi connectivity index (χ3v) is 5.09. The smallest absolute Gasteiger partial charge is 0.358 e. The Bertz CT molecular complexity index is 1320. The van der Waals surface area contributed by atoms with E-state index in [-0.39, 0.29) is 5.95 Å². The van der Waals surface area contributed by atoms with Gasteiger partial charge in [-0.3, -0.25) is 0 Å². The summed E-state index contributed by atoms with van der Waals surface area (Å²) in [4.78, 5) is 7.98. The average molecular weight is 498 g/mol. The zero-order chi connectivity index (χ0) is 24.6. The molecule has 176 valence electrons. The van der Waals surface area contributed by atoms with Crippen molar-refractivity contribution in [3.05, 3.63) is 77.3 Å². The lowest BCUT2D eigenvalue weighted by Crippen LogP contribution is -2.34. The van der Waals surface area contributed by atoms with Crippen LogP contribution >= 0.6 is 11.6 Å². The molecule has 0 aliphatic heterocycles. The normalized spacial score (nSPS) is 12.6. The SMILES string of the molecule is C[C@H](Nc1nc(-n2ccc(-c3ccccc3)n2)nc(Cl)c1-c1c(F)cc(F)cc1F)C(F)(F)F. The van der Waals surface area contributed by atoms with Crippen LogP contribution in [0, 0.1) is 17.5 Å². The minimum atomic E-state index is -4.72. The highest BCUT2D eigenvalue weighted by molar-refractivity contribution is 6.32. The number of rotatable bonds is 5. The molecule has 0 saturated heterocycles. The lowest BCUT2D eigenvalue weighted by Gasteiger charge is -2.21. The van der Waals surface area contributed by atoms with E-state index in [1.807, 2.05) is 6.07 Å². The molecule has 0 amide bonds. The maximum atomic E-state index is 14.5. The Kier molecular flexibility index (Phi) is 6.22. The fourth-order valence-electron chi connectivity index (χ4n) is 3.12. The van der Waals surface area contributed by atoms with Gasteiger partial charge in [-0.15, -0.1) is 0 Å². The molecule has 0 bridgehead atoms. The van der Waals surface area contributed by atoms with Crippen LogP contribution in [0.2, 0.25) is 5.15 Å². The van der Waals surface area contributed by atoms with Crippen molar-refractivity contribution in [1.29, 1.82) is 0 Å². The standard InChI is InChI=1S/C22H14ClF6N5/c1-11(22(27,28)29)30-20-18(17-14(25)9-13(24)10-15(17)26)19(23)31-21(32-20)34-8-7-16(33-34)12-5-3-2-4-6-12/h2-11H,1H3,(H,30,31,32)/t11-/m0/s1. The second-order valence-corrected chi connectivity index (χ2v) is 7.56. The Hall–Kier alpha value is -3.60. The van der Waals surface area contributed by atoms with Crippen molar-refractivity contribution in [3.63, 3.8) is 0 Å². The summed E-state index contributed by atoms with van der Waals surface area (Å²) in [5.41, 5.74) is -0.200. The summed E-state index contributed by atoms with van der Waals surface area (Å²) in [6.07, 6.45) is -3.27. The van der Waals surface area contributed by atoms with Crippen LogP contribution in [0.4, 0.5) is 32.2 Å². The Balaban J connectivity index is 1.87. The van der Waals surface area contributed by atoms with Crippen molar-refractivity contribution in [2.75, 3.05) is 5.32 Å². The Morgan fingerprint density at radius 3 is 2.21 bits per heavy atom. The number of alkyl halides is 3. The van der Waals surface area contributed by atoms with Crippen molar-refractivity contribution >= 4 is 17.4 Å². The Labute approximate surface area is 194 Å². The fourth-order valence-corrected chi connectivity index (χ4v) is 3.38. The number of benzene rings is 2. The molecule has 34 heavy (non-hydrogen) atoms. The molecule has 2 aromatic heterocycles. The molecule has 1 atom stereocenters. The molecule has 4 rings (SSSR count). The number of nitrogens with one attached hydrogen (secondary N) is 1. The van der Waals surface area contributed by atoms with Crippen molar-refractivity contribution in [3.8, 4) is 28.3 Å². The molecular weight excluding hydrogens is 484 g/mol. The summed E-state index contributed by atoms with van der Waals surface area (Å²) in [7, 11) is 0. The second-order valence-electron chi connectivity index (χ2n) is 7.20. The number of hydrogen-bond acceptors (Lipinski definition) is 4. The third-order valence-electron chi connectivity index (χ3n) is 4.82. The second kappa shape index (κ2) is 8.98. The van der Waals surface area contributed by atoms with Crippen LogP contribution in [0.3, 0.4) is 0 Å². The molecule has 0 spiro atoms. The summed E-state index contributed by atoms with van der Waals surface area (Å²) in [6.45, 7) is 0.790. The predicted octanol–water partition coefficient (Wildman–Crippen LogP) is 6.43. The highest BCUT2D eigenvalue weighted by Crippen LogP contribution is 2.38. The van der Waals surface area contributed by atoms with E-state index in [1.165, 1.54) is 6.20 Å². The number of nitrogens with zero attached hydrogens (tertiary/aromatic N) is 4. The molecule has 1 N–H and O–H groups in total. The predicted molar refractivity (Wildman–Crippen MR) is 114 cm³/mol. The first kappa shape index (κ1) is 23.6. The number of aromatic nitrogens is 4. The van der Waals surface area contributed by atoms with Gasteiger partial charge in [-0.2, -0.15) is 28.2 Å². The van der Waals surface area contributed by atoms with Gasteiger partial charge < -0.3 is 5.32 Å². The van der Waals surface area contributed by atoms with E-state index >= 15 is 0 Å². The van der Waals surface area contributed by atoms with Crippen LogP contribution in [0.1, 0.15) is 6.92 Å². The molecule has 0 aliphatic carbocycles. The highest BCUT2D eigenvalue weighted by atomic mass is 35.5. The molecule has 0 radical (unpaired) electrons. The van der Waals surface area contributed by atoms with Crippen LogP contribution in [-0.4, -0.2) is 32.0 Å². The first-order chi connectivity index (χ1) is 16.0. The van der Waals surface area contributed by atoms with E-state index in [0.29, 0.717) is 17.8 Å². The van der Waals surface area contributed by atoms with Gasteiger partial charge in [0, 0.05) is 23.9 Å². The number of anilines is 1. The minimum absolute atomic E-state index is 0.254. The van der Waals surface area contributed by atoms with Crippen LogP contribution < -0.4 is 5.32 Å². The Morgan fingerprint density at radius 1 is 0.941 bits per heavy atom. The van der Waals surface area contributed by atoms with E-state index in [9.17, 15) is 26.3 Å². The summed E-state index contributed by atoms with van der Waals surface area (Å²) in [5, 5.41) is 5.81. The van der Waals surface area contributed by atoms with Crippen molar-refractivity contribution in [1.82, 2.24) is 19.7 Å². The molecular formula is C22H14ClF6N5. The van der Waals surface area contributed by atoms with Gasteiger partial charge in [0.05, 0.1) is 16.8 Å². The van der Waals surface area contributed by atoms with Crippen molar-refractivity contribution in [2.45, 2.75) is 19.1 Å². The quantitative estimate of drug-likeness (QED) is 0.255. The fraction of sp³-hybridized carbons (Fsp3) is 0.136. The zero-order valence-electron chi connectivity index (χ0n) is 17.2. The third kappa shape index (κ3) is 4.69. The van der Waals surface area contributed by atoms with E-state index in [4.69, 9.17) is 11.6 Å². The lowest BCUT2D eigenvalue weighted by atomic mass is 10.1. The number of halogens is 7. The lowest BCUT2D eigenvalue weighted by molar-refractivity contribution is -0.138. The van der Waals surface area contributed by atoms with Crippen molar-refractivity contribution < 1.29 is 26.3 Å². The molecule has 12 heteroatoms. The molecule has 2 heterocycles. The van der Waals surface area contributed by atoms with Crippen LogP contribution in [0.5, 0.6) is 0 Å². The average Bonchev–Trinajstić information content (AvgIpc) is 3.25. The first-order valence-electron chi connectivity index (χ1n) is 9.71. The Morgan fingerprint density at radius 2 is 1.59 bits per heavy atom. The van der Waals surface area contributed by atoms with Crippen molar-refractivity contribution in [2.24, 2.45) is 0 Å². The van der Waals surface area contributed by atoms with E-state index in [1.54, 1.807) is 30.3 Å². The topological polar surface area (TPSA) is 55.6 Å². The maximum absolute atomic E-state index is 14.5. The van der Waals surface area contributed by atoms with Gasteiger partial charge >= 0.3 is 6.18 Å². The van der Waals surface area contributed by atoms with Crippen LogP contribution in [-0.2, 0) is 0 Å². The van der Waals surface area contributed by atoms with E-state index in [0.717, 1.165) is 17.2 Å². The van der Waals surface area contributed by atoms with Gasteiger partial charge in [0.2, 0.25) is 0 Å². The summed E-state index contributed by atoms with van der Waals surface area (Å²) >= 11 is 6.18. The molecule has 0 fully saturated rings. The van der Waals surface area contributed by atoms with E-state index in [2.05, 4.69) is 20.4 Å². The van der Waals surface area contributed by atoms with Gasteiger partial charge in [-0.1, -0.05) is 41.9 Å². The van der Waals surface area contributed by atoms with Gasteiger partial charge in [-0.25, -0.2) is 17.9 Å². The molecule has 2 aromatic carbocycles. The molecule has 0 aliphatic rings. The monoisotopic (exact) mass is 497 g/mol. The van der Waals surface area contributed by atoms with E-state index < -0.39 is 51.8 Å². The molecule has 0 unspecified atom stereocenters. The summed E-state index contributed by atoms with van der Waals surface area (Å²) < 4.78 is 83.2. The maximum Gasteiger partial charge on any atom is 0.408 e.